The number of ether oxygens (including phenoxy) is 2. The zero-order valence-electron chi connectivity index (χ0n) is 17.2. The van der Waals surface area contributed by atoms with E-state index < -0.39 is 5.41 Å². The van der Waals surface area contributed by atoms with Gasteiger partial charge in [0.1, 0.15) is 5.75 Å². The molecular weight excluding hydrogens is 406 g/mol. The molecule has 1 aliphatic heterocycles. The third-order valence-electron chi connectivity index (χ3n) is 5.22. The highest BCUT2D eigenvalue weighted by Gasteiger charge is 2.39. The molecule has 8 heteroatoms. The fourth-order valence-electron chi connectivity index (χ4n) is 3.46. The van der Waals surface area contributed by atoms with Gasteiger partial charge in [0.25, 0.3) is 5.91 Å². The van der Waals surface area contributed by atoms with Gasteiger partial charge in [-0.3, -0.25) is 9.59 Å². The van der Waals surface area contributed by atoms with E-state index in [-0.39, 0.29) is 24.2 Å². The first-order valence-electron chi connectivity index (χ1n) is 9.63. The third kappa shape index (κ3) is 5.72. The predicted molar refractivity (Wildman–Crippen MR) is 120 cm³/mol. The van der Waals surface area contributed by atoms with Gasteiger partial charge < -0.3 is 25.4 Å². The molecule has 1 aliphatic rings. The minimum Gasteiger partial charge on any atom is -0.497 e. The number of hydrogen-bond acceptors (Lipinski definition) is 5. The summed E-state index contributed by atoms with van der Waals surface area (Å²) in [6.07, 6.45) is 1.46. The minimum absolute atomic E-state index is 0. The molecule has 0 radical (unpaired) electrons. The van der Waals surface area contributed by atoms with Crippen LogP contribution in [0.5, 0.6) is 5.75 Å². The van der Waals surface area contributed by atoms with Gasteiger partial charge in [-0.15, -0.1) is 12.4 Å². The summed E-state index contributed by atoms with van der Waals surface area (Å²) in [7, 11) is 3.21. The number of piperidine rings is 1. The SMILES string of the molecule is COCC1(C(=O)Nc2ccc(C(=O)Nc3ccc(OC)cc3)cc2)CCNCC1.Cl. The lowest BCUT2D eigenvalue weighted by atomic mass is 9.78. The second kappa shape index (κ2) is 11.0. The molecule has 2 amide bonds. The highest BCUT2D eigenvalue weighted by Crippen LogP contribution is 2.31. The Morgan fingerprint density at radius 2 is 1.50 bits per heavy atom. The highest BCUT2D eigenvalue weighted by molar-refractivity contribution is 6.04. The maximum absolute atomic E-state index is 12.9. The predicted octanol–water partition coefficient (Wildman–Crippen LogP) is 3.32. The van der Waals surface area contributed by atoms with Crippen molar-refractivity contribution in [1.82, 2.24) is 5.32 Å². The standard InChI is InChI=1S/C22H27N3O4.ClH/c1-28-15-22(11-13-23-14-12-22)21(27)25-18-5-3-16(4-6-18)20(26)24-17-7-9-19(29-2)10-8-17;/h3-10,23H,11-15H2,1-2H3,(H,24,26)(H,25,27);1H. The Labute approximate surface area is 182 Å². The molecule has 3 N–H and O–H groups in total. The summed E-state index contributed by atoms with van der Waals surface area (Å²) in [6.45, 7) is 1.98. The van der Waals surface area contributed by atoms with Crippen molar-refractivity contribution in [3.05, 3.63) is 54.1 Å². The number of halogens is 1. The molecule has 0 saturated carbocycles. The molecular formula is C22H28ClN3O4. The Balaban J connectivity index is 0.00000320. The van der Waals surface area contributed by atoms with Gasteiger partial charge in [-0.25, -0.2) is 0 Å². The molecule has 2 aromatic carbocycles. The van der Waals surface area contributed by atoms with E-state index >= 15 is 0 Å². The molecule has 162 valence electrons. The molecule has 7 nitrogen and oxygen atoms in total. The molecule has 0 aromatic heterocycles. The zero-order valence-corrected chi connectivity index (χ0v) is 18.0. The topological polar surface area (TPSA) is 88.7 Å². The first-order chi connectivity index (χ1) is 14.1. The number of hydrogen-bond donors (Lipinski definition) is 3. The summed E-state index contributed by atoms with van der Waals surface area (Å²) in [5.41, 5.74) is 1.32. The van der Waals surface area contributed by atoms with Gasteiger partial charge in [0.2, 0.25) is 5.91 Å². The smallest absolute Gasteiger partial charge is 0.255 e. The van der Waals surface area contributed by atoms with E-state index in [1.54, 1.807) is 62.8 Å². The Morgan fingerprint density at radius 1 is 0.933 bits per heavy atom. The van der Waals surface area contributed by atoms with Crippen LogP contribution in [-0.2, 0) is 9.53 Å². The number of benzene rings is 2. The van der Waals surface area contributed by atoms with Gasteiger partial charge in [-0.1, -0.05) is 0 Å². The monoisotopic (exact) mass is 433 g/mol. The normalized spacial score (nSPS) is 14.9. The number of carbonyl (C=O) groups excluding carboxylic acids is 2. The number of anilines is 2. The van der Waals surface area contributed by atoms with E-state index in [4.69, 9.17) is 9.47 Å². The lowest BCUT2D eigenvalue weighted by Crippen LogP contribution is -2.47. The van der Waals surface area contributed by atoms with Crippen molar-refractivity contribution in [1.29, 1.82) is 0 Å². The van der Waals surface area contributed by atoms with E-state index in [1.165, 1.54) is 0 Å². The van der Waals surface area contributed by atoms with E-state index in [2.05, 4.69) is 16.0 Å². The summed E-state index contributed by atoms with van der Waals surface area (Å²) in [6, 6.07) is 14.0. The van der Waals surface area contributed by atoms with E-state index in [9.17, 15) is 9.59 Å². The van der Waals surface area contributed by atoms with Crippen molar-refractivity contribution in [2.24, 2.45) is 5.41 Å². The summed E-state index contributed by atoms with van der Waals surface area (Å²) in [4.78, 5) is 25.3. The number of methoxy groups -OCH3 is 2. The summed E-state index contributed by atoms with van der Waals surface area (Å²) in [5.74, 6) is 0.460. The maximum atomic E-state index is 12.9. The van der Waals surface area contributed by atoms with Crippen molar-refractivity contribution < 1.29 is 19.1 Å². The minimum atomic E-state index is -0.523. The van der Waals surface area contributed by atoms with Crippen molar-refractivity contribution in [2.75, 3.05) is 44.5 Å². The zero-order chi connectivity index (χ0) is 20.7. The molecule has 1 heterocycles. The van der Waals surface area contributed by atoms with Crippen LogP contribution in [0.25, 0.3) is 0 Å². The molecule has 1 fully saturated rings. The molecule has 0 unspecified atom stereocenters. The second-order valence-electron chi connectivity index (χ2n) is 7.18. The number of amides is 2. The first kappa shape index (κ1) is 23.7. The fraction of sp³-hybridized carbons (Fsp3) is 0.364. The second-order valence-corrected chi connectivity index (χ2v) is 7.18. The maximum Gasteiger partial charge on any atom is 0.255 e. The van der Waals surface area contributed by atoms with Crippen LogP contribution in [0, 0.1) is 5.41 Å². The van der Waals surface area contributed by atoms with Gasteiger partial charge in [0.05, 0.1) is 19.1 Å². The van der Waals surface area contributed by atoms with Gasteiger partial charge >= 0.3 is 0 Å². The molecule has 30 heavy (non-hydrogen) atoms. The molecule has 0 atom stereocenters. The van der Waals surface area contributed by atoms with Crippen molar-refractivity contribution in [3.8, 4) is 5.75 Å². The lowest BCUT2D eigenvalue weighted by molar-refractivity contribution is -0.130. The van der Waals surface area contributed by atoms with Crippen molar-refractivity contribution >= 4 is 35.6 Å². The summed E-state index contributed by atoms with van der Waals surface area (Å²) >= 11 is 0. The lowest BCUT2D eigenvalue weighted by Gasteiger charge is -2.35. The molecule has 2 aromatic rings. The summed E-state index contributed by atoms with van der Waals surface area (Å²) in [5, 5.41) is 9.09. The Morgan fingerprint density at radius 3 is 2.07 bits per heavy atom. The Kier molecular flexibility index (Phi) is 8.65. The van der Waals surface area contributed by atoms with Crippen molar-refractivity contribution in [2.45, 2.75) is 12.8 Å². The molecule has 0 aliphatic carbocycles. The number of carbonyl (C=O) groups is 2. The molecule has 0 bridgehead atoms. The average molecular weight is 434 g/mol. The van der Waals surface area contributed by atoms with Crippen LogP contribution < -0.4 is 20.7 Å². The van der Waals surface area contributed by atoms with Crippen LogP contribution >= 0.6 is 12.4 Å². The van der Waals surface area contributed by atoms with Crippen LogP contribution in [0.15, 0.2) is 48.5 Å². The van der Waals surface area contributed by atoms with E-state index in [1.807, 2.05) is 0 Å². The fourth-order valence-corrected chi connectivity index (χ4v) is 3.46. The molecule has 0 spiro atoms. The third-order valence-corrected chi connectivity index (χ3v) is 5.22. The van der Waals surface area contributed by atoms with Gasteiger partial charge in [-0.05, 0) is 74.5 Å². The molecule has 1 saturated heterocycles. The quantitative estimate of drug-likeness (QED) is 0.623. The number of nitrogens with one attached hydrogen (secondary N) is 3. The highest BCUT2D eigenvalue weighted by atomic mass is 35.5. The largest absolute Gasteiger partial charge is 0.497 e. The van der Waals surface area contributed by atoms with Crippen LogP contribution in [0.4, 0.5) is 11.4 Å². The van der Waals surface area contributed by atoms with E-state index in [0.29, 0.717) is 23.5 Å². The summed E-state index contributed by atoms with van der Waals surface area (Å²) < 4.78 is 10.4. The van der Waals surface area contributed by atoms with Crippen LogP contribution in [0.3, 0.4) is 0 Å². The van der Waals surface area contributed by atoms with Gasteiger partial charge in [-0.2, -0.15) is 0 Å². The Bertz CT molecular complexity index is 829. The average Bonchev–Trinajstić information content (AvgIpc) is 2.75. The van der Waals surface area contributed by atoms with Crippen LogP contribution in [-0.4, -0.2) is 45.7 Å². The van der Waals surface area contributed by atoms with Crippen LogP contribution in [0.1, 0.15) is 23.2 Å². The van der Waals surface area contributed by atoms with Gasteiger partial charge in [0, 0.05) is 24.0 Å². The molecule has 3 rings (SSSR count). The van der Waals surface area contributed by atoms with E-state index in [0.717, 1.165) is 31.7 Å². The first-order valence-corrected chi connectivity index (χ1v) is 9.63. The van der Waals surface area contributed by atoms with Gasteiger partial charge in [0.15, 0.2) is 0 Å². The number of rotatable bonds is 7. The van der Waals surface area contributed by atoms with Crippen molar-refractivity contribution in [3.63, 3.8) is 0 Å². The Hall–Kier alpha value is -2.61. The van der Waals surface area contributed by atoms with Crippen LogP contribution in [0.2, 0.25) is 0 Å².